The maximum Gasteiger partial charge on any atom is -1.00 e. The van der Waals surface area contributed by atoms with Gasteiger partial charge in [0.1, 0.15) is 0 Å². The summed E-state index contributed by atoms with van der Waals surface area (Å²) >= 11 is 1.55. The average Bonchev–Trinajstić information content (AvgIpc) is 3.02. The summed E-state index contributed by atoms with van der Waals surface area (Å²) in [7, 11) is 0. The third-order valence-electron chi connectivity index (χ3n) is 3.01. The first-order valence-electron chi connectivity index (χ1n) is 8.02. The van der Waals surface area contributed by atoms with Gasteiger partial charge < -0.3 is 24.8 Å². The van der Waals surface area contributed by atoms with E-state index in [2.05, 4.69) is 91.8 Å². The molecule has 0 aromatic rings. The van der Waals surface area contributed by atoms with Crippen LogP contribution in [0, 0.1) is 23.0 Å². The Morgan fingerprint density at radius 3 is 1.12 bits per heavy atom. The van der Waals surface area contributed by atoms with Crippen molar-refractivity contribution in [3.63, 3.8) is 0 Å². The Morgan fingerprint density at radius 2 is 1.04 bits per heavy atom. The van der Waals surface area contributed by atoms with Gasteiger partial charge in [-0.25, -0.2) is 23.3 Å². The smallest absolute Gasteiger partial charge is 1.00 e. The molecular weight excluding hydrogens is 414 g/mol. The second kappa shape index (κ2) is 13.5. The minimum atomic E-state index is 0. The van der Waals surface area contributed by atoms with Crippen molar-refractivity contribution in [1.29, 1.82) is 0 Å². The molecular formula is C21H32Cl2Zr-2. The van der Waals surface area contributed by atoms with Gasteiger partial charge in [-0.2, -0.15) is 12.2 Å². The molecule has 0 saturated heterocycles. The van der Waals surface area contributed by atoms with E-state index < -0.39 is 0 Å². The standard InChI is InChI=1S/2C9H13.C3H6.2ClH.Zr/c2*1-9(2,3)8-6-4-5-7-8;1-3-2;;;/h2*4,6H,5H2,1-3H3;1-2H3;2*1H;/q2*-1;;;;+2/p-2. The van der Waals surface area contributed by atoms with E-state index >= 15 is 0 Å². The average molecular weight is 447 g/mol. The summed E-state index contributed by atoms with van der Waals surface area (Å²) in [6.07, 6.45) is 17.3. The van der Waals surface area contributed by atoms with E-state index in [4.69, 9.17) is 0 Å². The molecule has 0 aliphatic heterocycles. The minimum Gasteiger partial charge on any atom is -1.00 e. The Hall–Kier alpha value is 0.293. The van der Waals surface area contributed by atoms with Crippen molar-refractivity contribution in [1.82, 2.24) is 0 Å². The van der Waals surface area contributed by atoms with E-state index in [1.807, 2.05) is 0 Å². The van der Waals surface area contributed by atoms with Crippen LogP contribution in [-0.2, 0) is 24.2 Å². The zero-order valence-corrected chi connectivity index (χ0v) is 20.4. The van der Waals surface area contributed by atoms with Crippen molar-refractivity contribution >= 4 is 3.21 Å². The van der Waals surface area contributed by atoms with Crippen LogP contribution in [0.3, 0.4) is 0 Å². The van der Waals surface area contributed by atoms with Gasteiger partial charge in [0, 0.05) is 0 Å². The number of hydrogen-bond donors (Lipinski definition) is 0. The molecule has 2 rings (SSSR count). The van der Waals surface area contributed by atoms with Crippen molar-refractivity contribution in [2.45, 2.75) is 68.2 Å². The molecule has 0 N–H and O–H groups in total. The molecule has 0 bridgehead atoms. The Balaban J connectivity index is -0.000000283. The molecule has 0 radical (unpaired) electrons. The summed E-state index contributed by atoms with van der Waals surface area (Å²) in [6.45, 7) is 17.5. The Labute approximate surface area is 178 Å². The predicted octanol–water partition coefficient (Wildman–Crippen LogP) is 0.197. The first-order chi connectivity index (χ1) is 9.94. The maximum absolute atomic E-state index is 3.30. The van der Waals surface area contributed by atoms with Crippen molar-refractivity contribution in [3.05, 3.63) is 47.6 Å². The summed E-state index contributed by atoms with van der Waals surface area (Å²) in [4.78, 5) is 0. The van der Waals surface area contributed by atoms with E-state index in [9.17, 15) is 0 Å². The molecule has 0 spiro atoms. The molecule has 0 amide bonds. The molecule has 136 valence electrons. The summed E-state index contributed by atoms with van der Waals surface area (Å²) in [5, 5.41) is 0. The summed E-state index contributed by atoms with van der Waals surface area (Å²) in [5.41, 5.74) is 3.30. The number of hydrogen-bond acceptors (Lipinski definition) is 0. The molecule has 24 heavy (non-hydrogen) atoms. The van der Waals surface area contributed by atoms with E-state index in [0.717, 1.165) is 12.8 Å². The Morgan fingerprint density at radius 1 is 0.792 bits per heavy atom. The molecule has 0 nitrogen and oxygen atoms in total. The fraction of sp³-hybridized carbons (Fsp3) is 0.571. The van der Waals surface area contributed by atoms with Crippen LogP contribution in [-0.4, -0.2) is 3.21 Å². The van der Waals surface area contributed by atoms with Crippen LogP contribution in [0.5, 0.6) is 0 Å². The monoisotopic (exact) mass is 444 g/mol. The molecule has 0 aromatic heterocycles. The third-order valence-corrected chi connectivity index (χ3v) is 3.01. The summed E-state index contributed by atoms with van der Waals surface area (Å²) < 4.78 is 1.51. The first-order valence-corrected chi connectivity index (χ1v) is 9.25. The molecule has 3 heteroatoms. The van der Waals surface area contributed by atoms with Gasteiger partial charge in [-0.15, -0.1) is 12.8 Å². The Kier molecular flexibility index (Phi) is 16.3. The maximum atomic E-state index is 3.30. The molecule has 0 heterocycles. The minimum absolute atomic E-state index is 0. The van der Waals surface area contributed by atoms with E-state index in [-0.39, 0.29) is 24.8 Å². The molecule has 2 aliphatic rings. The van der Waals surface area contributed by atoms with Crippen molar-refractivity contribution in [2.75, 3.05) is 0 Å². The quantitative estimate of drug-likeness (QED) is 0.467. The van der Waals surface area contributed by atoms with Crippen LogP contribution in [0.4, 0.5) is 0 Å². The second-order valence-corrected chi connectivity index (χ2v) is 10.4. The van der Waals surface area contributed by atoms with Gasteiger partial charge in [0.25, 0.3) is 0 Å². The number of halogens is 2. The van der Waals surface area contributed by atoms with Crippen LogP contribution < -0.4 is 24.8 Å². The van der Waals surface area contributed by atoms with Crippen LogP contribution in [0.2, 0.25) is 0 Å². The topological polar surface area (TPSA) is 0 Å². The van der Waals surface area contributed by atoms with Gasteiger partial charge in [0.15, 0.2) is 0 Å². The van der Waals surface area contributed by atoms with Gasteiger partial charge in [-0.3, -0.25) is 12.2 Å². The van der Waals surface area contributed by atoms with Crippen molar-refractivity contribution in [2.24, 2.45) is 10.8 Å². The fourth-order valence-corrected chi connectivity index (χ4v) is 1.84. The van der Waals surface area contributed by atoms with Crippen LogP contribution in [0.1, 0.15) is 68.2 Å². The SMILES string of the molecule is CC(C)(C)C1=[C-]CC=C1.CC(C)(C)C1=[C-]CC=C1.C[C](C)=[Zr+2].[Cl-].[Cl-]. The van der Waals surface area contributed by atoms with E-state index in [1.54, 1.807) is 24.2 Å². The van der Waals surface area contributed by atoms with Gasteiger partial charge in [0.2, 0.25) is 0 Å². The van der Waals surface area contributed by atoms with Crippen LogP contribution in [0.25, 0.3) is 0 Å². The van der Waals surface area contributed by atoms with E-state index in [1.165, 1.54) is 14.4 Å². The van der Waals surface area contributed by atoms with Gasteiger partial charge in [-0.1, -0.05) is 41.5 Å². The fourth-order valence-electron chi connectivity index (χ4n) is 1.84. The third kappa shape index (κ3) is 14.6. The summed E-state index contributed by atoms with van der Waals surface area (Å²) in [5.74, 6) is 0. The number of rotatable bonds is 0. The second-order valence-electron chi connectivity index (χ2n) is 7.89. The summed E-state index contributed by atoms with van der Waals surface area (Å²) in [6, 6.07) is 0. The predicted molar refractivity (Wildman–Crippen MR) is 96.3 cm³/mol. The first kappa shape index (κ1) is 29.1. The van der Waals surface area contributed by atoms with E-state index in [0.29, 0.717) is 10.8 Å². The van der Waals surface area contributed by atoms with Crippen molar-refractivity contribution < 1.29 is 49.0 Å². The van der Waals surface area contributed by atoms with Crippen LogP contribution in [0.15, 0.2) is 35.5 Å². The van der Waals surface area contributed by atoms with Crippen molar-refractivity contribution in [3.8, 4) is 0 Å². The largest absolute Gasteiger partial charge is 1.00 e. The molecule has 0 aromatic carbocycles. The Bertz CT molecular complexity index is 437. The molecule has 0 fully saturated rings. The van der Waals surface area contributed by atoms with Gasteiger partial charge >= 0.3 is 41.3 Å². The zero-order chi connectivity index (χ0) is 17.4. The van der Waals surface area contributed by atoms with Gasteiger partial charge in [-0.05, 0) is 10.8 Å². The molecule has 2 aliphatic carbocycles. The molecule has 0 saturated carbocycles. The number of allylic oxidation sites excluding steroid dienone is 8. The van der Waals surface area contributed by atoms with Crippen LogP contribution >= 0.6 is 0 Å². The molecule has 0 unspecified atom stereocenters. The molecule has 0 atom stereocenters. The zero-order valence-electron chi connectivity index (χ0n) is 16.5. The van der Waals surface area contributed by atoms with Gasteiger partial charge in [0.05, 0.1) is 0 Å². The normalized spacial score (nSPS) is 14.9.